The molecule has 0 aliphatic carbocycles. The van der Waals surface area contributed by atoms with Crippen LogP contribution in [0.5, 0.6) is 0 Å². The van der Waals surface area contributed by atoms with Gasteiger partial charge < -0.3 is 0 Å². The summed E-state index contributed by atoms with van der Waals surface area (Å²) in [6.07, 6.45) is -3.08. The average molecular weight is 274 g/mol. The second kappa shape index (κ2) is 4.53. The normalized spacial score (nSPS) is 11.6. The molecule has 0 bridgehead atoms. The summed E-state index contributed by atoms with van der Waals surface area (Å²) in [7, 11) is 0. The van der Waals surface area contributed by atoms with E-state index in [2.05, 4.69) is 15.0 Å². The van der Waals surface area contributed by atoms with Crippen molar-refractivity contribution in [3.63, 3.8) is 0 Å². The predicted octanol–water partition coefficient (Wildman–Crippen LogP) is 3.52. The SMILES string of the molecule is Cc1cc(-c2nc(Cl)cc(C(F)(F)F)n2)ccn1. The Kier molecular flexibility index (Phi) is 3.21. The van der Waals surface area contributed by atoms with Crippen molar-refractivity contribution >= 4 is 11.6 Å². The lowest BCUT2D eigenvalue weighted by Crippen LogP contribution is -2.09. The maximum atomic E-state index is 12.6. The largest absolute Gasteiger partial charge is 0.433 e. The molecule has 0 aliphatic heterocycles. The van der Waals surface area contributed by atoms with Crippen molar-refractivity contribution in [2.24, 2.45) is 0 Å². The van der Waals surface area contributed by atoms with Gasteiger partial charge in [-0.2, -0.15) is 13.2 Å². The van der Waals surface area contributed by atoms with E-state index in [9.17, 15) is 13.2 Å². The highest BCUT2D eigenvalue weighted by Crippen LogP contribution is 2.30. The van der Waals surface area contributed by atoms with Crippen molar-refractivity contribution < 1.29 is 13.2 Å². The standard InChI is InChI=1S/C11H7ClF3N3/c1-6-4-7(2-3-16-6)10-17-8(11(13,14)15)5-9(12)18-10/h2-5H,1H3. The first-order valence-corrected chi connectivity index (χ1v) is 5.29. The van der Waals surface area contributed by atoms with Crippen molar-refractivity contribution in [3.8, 4) is 11.4 Å². The molecule has 0 unspecified atom stereocenters. The van der Waals surface area contributed by atoms with E-state index in [0.717, 1.165) is 0 Å². The zero-order chi connectivity index (χ0) is 13.3. The maximum Gasteiger partial charge on any atom is 0.433 e. The molecule has 18 heavy (non-hydrogen) atoms. The van der Waals surface area contributed by atoms with E-state index in [-0.39, 0.29) is 11.0 Å². The summed E-state index contributed by atoms with van der Waals surface area (Å²) in [5.41, 5.74) is 0.0344. The highest BCUT2D eigenvalue weighted by atomic mass is 35.5. The number of alkyl halides is 3. The van der Waals surface area contributed by atoms with Gasteiger partial charge in [-0.3, -0.25) is 4.98 Å². The number of rotatable bonds is 1. The Morgan fingerprint density at radius 2 is 1.89 bits per heavy atom. The van der Waals surface area contributed by atoms with Gasteiger partial charge in [0.05, 0.1) is 0 Å². The molecule has 0 saturated heterocycles. The Morgan fingerprint density at radius 3 is 2.50 bits per heavy atom. The third-order valence-corrected chi connectivity index (χ3v) is 2.33. The molecule has 0 amide bonds. The fraction of sp³-hybridized carbons (Fsp3) is 0.182. The lowest BCUT2D eigenvalue weighted by Gasteiger charge is -2.08. The number of aryl methyl sites for hydroxylation is 1. The van der Waals surface area contributed by atoms with Gasteiger partial charge in [-0.15, -0.1) is 0 Å². The number of hydrogen-bond acceptors (Lipinski definition) is 3. The van der Waals surface area contributed by atoms with Crippen LogP contribution >= 0.6 is 11.6 Å². The van der Waals surface area contributed by atoms with Crippen LogP contribution < -0.4 is 0 Å². The Balaban J connectivity index is 2.55. The third kappa shape index (κ3) is 2.76. The molecule has 94 valence electrons. The topological polar surface area (TPSA) is 38.7 Å². The number of hydrogen-bond donors (Lipinski definition) is 0. The molecule has 7 heteroatoms. The fourth-order valence-corrected chi connectivity index (χ4v) is 1.56. The molecule has 2 aromatic rings. The van der Waals surface area contributed by atoms with Gasteiger partial charge in [-0.25, -0.2) is 9.97 Å². The van der Waals surface area contributed by atoms with Crippen molar-refractivity contribution in [3.05, 3.63) is 40.9 Å². The van der Waals surface area contributed by atoms with Gasteiger partial charge in [0.25, 0.3) is 0 Å². The minimum atomic E-state index is -4.55. The summed E-state index contributed by atoms with van der Waals surface area (Å²) in [5, 5.41) is -0.248. The predicted molar refractivity (Wildman–Crippen MR) is 60.0 cm³/mol. The lowest BCUT2D eigenvalue weighted by molar-refractivity contribution is -0.141. The summed E-state index contributed by atoms with van der Waals surface area (Å²) in [5.74, 6) is -0.0691. The molecule has 0 aromatic carbocycles. The molecule has 2 aromatic heterocycles. The Bertz CT molecular complexity index is 584. The van der Waals surface area contributed by atoms with E-state index in [1.165, 1.54) is 12.3 Å². The Morgan fingerprint density at radius 1 is 1.17 bits per heavy atom. The van der Waals surface area contributed by atoms with Gasteiger partial charge in [0.1, 0.15) is 10.8 Å². The van der Waals surface area contributed by atoms with E-state index in [1.807, 2.05) is 0 Å². The van der Waals surface area contributed by atoms with Crippen molar-refractivity contribution in [2.75, 3.05) is 0 Å². The van der Waals surface area contributed by atoms with Gasteiger partial charge in [-0.05, 0) is 19.1 Å². The molecule has 0 N–H and O–H groups in total. The minimum absolute atomic E-state index is 0.0691. The van der Waals surface area contributed by atoms with Crippen LogP contribution in [0.1, 0.15) is 11.4 Å². The average Bonchev–Trinajstić information content (AvgIpc) is 2.27. The van der Waals surface area contributed by atoms with E-state index in [1.54, 1.807) is 13.0 Å². The quantitative estimate of drug-likeness (QED) is 0.746. The number of nitrogens with zero attached hydrogens (tertiary/aromatic N) is 3. The smallest absolute Gasteiger partial charge is 0.262 e. The Hall–Kier alpha value is -1.69. The first kappa shape index (κ1) is 12.8. The molecule has 2 rings (SSSR count). The van der Waals surface area contributed by atoms with E-state index >= 15 is 0 Å². The van der Waals surface area contributed by atoms with Gasteiger partial charge >= 0.3 is 6.18 Å². The van der Waals surface area contributed by atoms with Gasteiger partial charge in [0.2, 0.25) is 0 Å². The second-order valence-corrected chi connectivity index (χ2v) is 3.97. The van der Waals surface area contributed by atoms with Crippen molar-refractivity contribution in [2.45, 2.75) is 13.1 Å². The number of halogens is 4. The van der Waals surface area contributed by atoms with E-state index < -0.39 is 11.9 Å². The first-order valence-electron chi connectivity index (χ1n) is 4.91. The molecule has 0 saturated carbocycles. The summed E-state index contributed by atoms with van der Waals surface area (Å²) in [6.45, 7) is 1.72. The van der Waals surface area contributed by atoms with Crippen LogP contribution in [-0.2, 0) is 6.18 Å². The molecule has 2 heterocycles. The third-order valence-electron chi connectivity index (χ3n) is 2.14. The highest BCUT2D eigenvalue weighted by Gasteiger charge is 2.33. The fourth-order valence-electron chi connectivity index (χ4n) is 1.38. The van der Waals surface area contributed by atoms with Crippen LogP contribution in [0.15, 0.2) is 24.4 Å². The monoisotopic (exact) mass is 273 g/mol. The van der Waals surface area contributed by atoms with Crippen LogP contribution in [0, 0.1) is 6.92 Å². The summed E-state index contributed by atoms with van der Waals surface area (Å²) < 4.78 is 37.7. The summed E-state index contributed by atoms with van der Waals surface area (Å²) >= 11 is 5.58. The van der Waals surface area contributed by atoms with Crippen LogP contribution in [0.2, 0.25) is 5.15 Å². The van der Waals surface area contributed by atoms with Crippen LogP contribution in [0.25, 0.3) is 11.4 Å². The summed E-state index contributed by atoms with van der Waals surface area (Å²) in [4.78, 5) is 11.2. The minimum Gasteiger partial charge on any atom is -0.262 e. The highest BCUT2D eigenvalue weighted by molar-refractivity contribution is 6.29. The van der Waals surface area contributed by atoms with Gasteiger partial charge in [0.15, 0.2) is 5.82 Å². The molecule has 0 atom stereocenters. The molecule has 0 aliphatic rings. The molecular formula is C11H7ClF3N3. The molecule has 0 radical (unpaired) electrons. The first-order chi connectivity index (χ1) is 8.36. The van der Waals surface area contributed by atoms with Crippen LogP contribution in [0.3, 0.4) is 0 Å². The number of pyridine rings is 1. The Labute approximate surface area is 106 Å². The maximum absolute atomic E-state index is 12.6. The van der Waals surface area contributed by atoms with Crippen LogP contribution in [0.4, 0.5) is 13.2 Å². The molecule has 3 nitrogen and oxygen atoms in total. The molecule has 0 spiro atoms. The van der Waals surface area contributed by atoms with Crippen molar-refractivity contribution in [1.82, 2.24) is 15.0 Å². The number of aromatic nitrogens is 3. The van der Waals surface area contributed by atoms with Gasteiger partial charge in [0, 0.05) is 23.5 Å². The summed E-state index contributed by atoms with van der Waals surface area (Å²) in [6, 6.07) is 3.81. The van der Waals surface area contributed by atoms with E-state index in [0.29, 0.717) is 17.3 Å². The zero-order valence-corrected chi connectivity index (χ0v) is 9.92. The van der Waals surface area contributed by atoms with Crippen LogP contribution in [-0.4, -0.2) is 15.0 Å². The molecule has 0 fully saturated rings. The lowest BCUT2D eigenvalue weighted by atomic mass is 10.2. The van der Waals surface area contributed by atoms with Gasteiger partial charge in [-0.1, -0.05) is 11.6 Å². The molecular weight excluding hydrogens is 267 g/mol. The van der Waals surface area contributed by atoms with E-state index in [4.69, 9.17) is 11.6 Å². The zero-order valence-electron chi connectivity index (χ0n) is 9.16. The van der Waals surface area contributed by atoms with Crippen molar-refractivity contribution in [1.29, 1.82) is 0 Å². The second-order valence-electron chi connectivity index (χ2n) is 3.58.